The summed E-state index contributed by atoms with van der Waals surface area (Å²) in [7, 11) is 0. The van der Waals surface area contributed by atoms with Crippen LogP contribution in [0.15, 0.2) is 7.16 Å². The van der Waals surface area contributed by atoms with Gasteiger partial charge in [-0.2, -0.15) is 0 Å². The predicted octanol–water partition coefficient (Wildman–Crippen LogP) is 9.67. The molecular formula is C24H44I2O2. The van der Waals surface area contributed by atoms with Crippen LogP contribution in [0.2, 0.25) is 0 Å². The summed E-state index contributed by atoms with van der Waals surface area (Å²) in [6, 6.07) is 0. The summed E-state index contributed by atoms with van der Waals surface area (Å²) in [5, 5.41) is 0. The summed E-state index contributed by atoms with van der Waals surface area (Å²) >= 11 is 5.16. The molecule has 0 amide bonds. The zero-order chi connectivity index (χ0) is 20.9. The van der Waals surface area contributed by atoms with Gasteiger partial charge in [0.05, 0.1) is 6.61 Å². The van der Waals surface area contributed by atoms with E-state index in [4.69, 9.17) is 4.74 Å². The molecule has 0 heterocycles. The third-order valence-electron chi connectivity index (χ3n) is 5.13. The lowest BCUT2D eigenvalue weighted by Gasteiger charge is -2.06. The van der Waals surface area contributed by atoms with E-state index in [9.17, 15) is 4.79 Å². The van der Waals surface area contributed by atoms with Crippen LogP contribution in [-0.2, 0) is 9.53 Å². The van der Waals surface area contributed by atoms with Crippen LogP contribution in [0.4, 0.5) is 0 Å². The van der Waals surface area contributed by atoms with E-state index in [1.165, 1.54) is 103 Å². The monoisotopic (exact) mass is 618 g/mol. The molecule has 0 rings (SSSR count). The second-order valence-corrected chi connectivity index (χ2v) is 10.4. The van der Waals surface area contributed by atoms with Gasteiger partial charge in [0.1, 0.15) is 0 Å². The first-order valence-electron chi connectivity index (χ1n) is 11.8. The van der Waals surface area contributed by atoms with Crippen molar-refractivity contribution in [3.05, 3.63) is 7.16 Å². The summed E-state index contributed by atoms with van der Waals surface area (Å²) in [6.07, 6.45) is 23.1. The van der Waals surface area contributed by atoms with Crippen molar-refractivity contribution in [3.8, 4) is 0 Å². The standard InChI is InChI=1S/C24H44I2O2/c1-3-5-6-7-13-16-19-22(25)23(26)20-17-14-11-9-8-10-12-15-18-21-24(27)28-4-2/h3-21H2,1-2H3. The van der Waals surface area contributed by atoms with Gasteiger partial charge in [0.2, 0.25) is 0 Å². The van der Waals surface area contributed by atoms with Gasteiger partial charge in [-0.05, 0) is 91.4 Å². The largest absolute Gasteiger partial charge is 0.466 e. The van der Waals surface area contributed by atoms with Crippen LogP contribution in [0, 0.1) is 0 Å². The maximum absolute atomic E-state index is 11.2. The van der Waals surface area contributed by atoms with Crippen LogP contribution in [-0.4, -0.2) is 12.6 Å². The summed E-state index contributed by atoms with van der Waals surface area (Å²) < 4.78 is 8.16. The topological polar surface area (TPSA) is 26.3 Å². The van der Waals surface area contributed by atoms with Crippen LogP contribution in [0.25, 0.3) is 0 Å². The first kappa shape index (κ1) is 28.7. The molecule has 0 unspecified atom stereocenters. The molecule has 0 aromatic carbocycles. The highest BCUT2D eigenvalue weighted by Gasteiger charge is 2.02. The van der Waals surface area contributed by atoms with Gasteiger partial charge in [-0.15, -0.1) is 0 Å². The molecule has 0 atom stereocenters. The zero-order valence-electron chi connectivity index (χ0n) is 18.5. The highest BCUT2D eigenvalue weighted by Crippen LogP contribution is 2.29. The van der Waals surface area contributed by atoms with E-state index >= 15 is 0 Å². The van der Waals surface area contributed by atoms with Crippen LogP contribution < -0.4 is 0 Å². The van der Waals surface area contributed by atoms with E-state index in [1.807, 2.05) is 6.92 Å². The first-order chi connectivity index (χ1) is 13.6. The Hall–Kier alpha value is 0.670. The number of hydrogen-bond donors (Lipinski definition) is 0. The Morgan fingerprint density at radius 3 is 1.32 bits per heavy atom. The highest BCUT2D eigenvalue weighted by atomic mass is 127. The summed E-state index contributed by atoms with van der Waals surface area (Å²) in [6.45, 7) is 4.66. The Bertz CT molecular complexity index is 394. The van der Waals surface area contributed by atoms with Crippen molar-refractivity contribution in [1.29, 1.82) is 0 Å². The quantitative estimate of drug-likeness (QED) is 0.0772. The lowest BCUT2D eigenvalue weighted by atomic mass is 10.1. The fourth-order valence-corrected chi connectivity index (χ4v) is 4.65. The minimum atomic E-state index is -0.0344. The number of esters is 1. The van der Waals surface area contributed by atoms with Crippen molar-refractivity contribution in [2.45, 2.75) is 129 Å². The van der Waals surface area contributed by atoms with Crippen molar-refractivity contribution < 1.29 is 9.53 Å². The number of rotatable bonds is 20. The molecule has 0 aromatic heterocycles. The number of unbranched alkanes of at least 4 members (excludes halogenated alkanes) is 13. The van der Waals surface area contributed by atoms with Crippen LogP contribution in [0.5, 0.6) is 0 Å². The van der Waals surface area contributed by atoms with E-state index < -0.39 is 0 Å². The second kappa shape index (κ2) is 22.4. The summed E-state index contributed by atoms with van der Waals surface area (Å²) in [4.78, 5) is 11.2. The van der Waals surface area contributed by atoms with Gasteiger partial charge in [0.15, 0.2) is 0 Å². The number of carbonyl (C=O) groups excluding carboxylic acids is 1. The number of ether oxygens (including phenoxy) is 1. The number of carbonyl (C=O) groups is 1. The molecular weight excluding hydrogens is 574 g/mol. The zero-order valence-corrected chi connectivity index (χ0v) is 22.8. The molecule has 0 saturated heterocycles. The Balaban J connectivity index is 3.43. The molecule has 4 heteroatoms. The van der Waals surface area contributed by atoms with Gasteiger partial charge in [-0.3, -0.25) is 4.79 Å². The van der Waals surface area contributed by atoms with Gasteiger partial charge < -0.3 is 4.74 Å². The Labute approximate surface area is 202 Å². The molecule has 0 aromatic rings. The Morgan fingerprint density at radius 1 is 0.571 bits per heavy atom. The van der Waals surface area contributed by atoms with Gasteiger partial charge in [-0.25, -0.2) is 0 Å². The highest BCUT2D eigenvalue weighted by molar-refractivity contribution is 14.1. The average Bonchev–Trinajstić information content (AvgIpc) is 2.68. The van der Waals surface area contributed by atoms with Gasteiger partial charge >= 0.3 is 5.97 Å². The minimum absolute atomic E-state index is 0.0344. The molecule has 0 aliphatic carbocycles. The van der Waals surface area contributed by atoms with Crippen LogP contribution >= 0.6 is 45.2 Å². The molecule has 28 heavy (non-hydrogen) atoms. The number of allylic oxidation sites excluding steroid dienone is 2. The van der Waals surface area contributed by atoms with E-state index in [1.54, 1.807) is 7.16 Å². The first-order valence-corrected chi connectivity index (χ1v) is 14.0. The predicted molar refractivity (Wildman–Crippen MR) is 140 cm³/mol. The molecule has 2 nitrogen and oxygen atoms in total. The smallest absolute Gasteiger partial charge is 0.305 e. The maximum Gasteiger partial charge on any atom is 0.305 e. The summed E-state index contributed by atoms with van der Waals surface area (Å²) in [5.74, 6) is -0.0344. The Kier molecular flexibility index (Phi) is 22.9. The van der Waals surface area contributed by atoms with E-state index in [-0.39, 0.29) is 5.97 Å². The molecule has 0 fully saturated rings. The van der Waals surface area contributed by atoms with E-state index in [0.717, 1.165) is 6.42 Å². The SMILES string of the molecule is CCCCCCCCC(I)=C(I)CCCCCCCCCCCC(=O)OCC. The van der Waals surface area contributed by atoms with Crippen molar-refractivity contribution >= 4 is 51.2 Å². The van der Waals surface area contributed by atoms with Crippen molar-refractivity contribution in [2.75, 3.05) is 6.61 Å². The average molecular weight is 618 g/mol. The molecule has 0 saturated carbocycles. The van der Waals surface area contributed by atoms with E-state index in [0.29, 0.717) is 13.0 Å². The second-order valence-electron chi connectivity index (χ2n) is 7.81. The van der Waals surface area contributed by atoms with Gasteiger partial charge in [0, 0.05) is 6.42 Å². The molecule has 0 aliphatic heterocycles. The van der Waals surface area contributed by atoms with Gasteiger partial charge in [-0.1, -0.05) is 84.0 Å². The lowest BCUT2D eigenvalue weighted by Crippen LogP contribution is -2.03. The molecule has 0 N–H and O–H groups in total. The van der Waals surface area contributed by atoms with Crippen LogP contribution in [0.3, 0.4) is 0 Å². The van der Waals surface area contributed by atoms with Gasteiger partial charge in [0.25, 0.3) is 0 Å². The molecule has 0 aliphatic rings. The van der Waals surface area contributed by atoms with Crippen molar-refractivity contribution in [3.63, 3.8) is 0 Å². The number of halogens is 2. The lowest BCUT2D eigenvalue weighted by molar-refractivity contribution is -0.143. The normalized spacial score (nSPS) is 12.1. The molecule has 0 bridgehead atoms. The van der Waals surface area contributed by atoms with Crippen LogP contribution in [0.1, 0.15) is 129 Å². The molecule has 0 spiro atoms. The minimum Gasteiger partial charge on any atom is -0.466 e. The molecule has 166 valence electrons. The number of hydrogen-bond acceptors (Lipinski definition) is 2. The van der Waals surface area contributed by atoms with Crippen molar-refractivity contribution in [1.82, 2.24) is 0 Å². The third kappa shape index (κ3) is 20.0. The van der Waals surface area contributed by atoms with E-state index in [2.05, 4.69) is 52.1 Å². The van der Waals surface area contributed by atoms with Crippen molar-refractivity contribution in [2.24, 2.45) is 0 Å². The Morgan fingerprint density at radius 2 is 0.929 bits per heavy atom. The fourth-order valence-electron chi connectivity index (χ4n) is 3.35. The summed E-state index contributed by atoms with van der Waals surface area (Å²) in [5.41, 5.74) is 0. The maximum atomic E-state index is 11.2. The molecule has 0 radical (unpaired) electrons. The third-order valence-corrected chi connectivity index (χ3v) is 8.54. The fraction of sp³-hybridized carbons (Fsp3) is 0.875.